The highest BCUT2D eigenvalue weighted by Crippen LogP contribution is 2.26. The van der Waals surface area contributed by atoms with Crippen LogP contribution >= 0.6 is 11.6 Å². The van der Waals surface area contributed by atoms with Gasteiger partial charge in [-0.25, -0.2) is 4.79 Å². The van der Waals surface area contributed by atoms with E-state index in [1.165, 1.54) is 13.2 Å². The highest BCUT2D eigenvalue weighted by molar-refractivity contribution is 6.31. The van der Waals surface area contributed by atoms with Crippen LogP contribution in [0, 0.1) is 0 Å². The van der Waals surface area contributed by atoms with Crippen LogP contribution in [0.1, 0.15) is 5.56 Å². The molecule has 15 heavy (non-hydrogen) atoms. The fraction of sp³-hybridized carbons (Fsp3) is 0.300. The van der Waals surface area contributed by atoms with Gasteiger partial charge in [0.15, 0.2) is 6.10 Å². The molecule has 0 amide bonds. The lowest BCUT2D eigenvalue weighted by Crippen LogP contribution is -2.24. The molecule has 2 N–H and O–H groups in total. The van der Waals surface area contributed by atoms with E-state index < -0.39 is 12.1 Å². The van der Waals surface area contributed by atoms with E-state index >= 15 is 0 Å². The summed E-state index contributed by atoms with van der Waals surface area (Å²) in [7, 11) is 1.18. The summed E-state index contributed by atoms with van der Waals surface area (Å²) >= 11 is 5.80. The van der Waals surface area contributed by atoms with Gasteiger partial charge in [0.25, 0.3) is 0 Å². The molecule has 1 rings (SSSR count). The lowest BCUT2D eigenvalue weighted by Gasteiger charge is -2.10. The predicted octanol–water partition coefficient (Wildman–Crippen LogP) is 1.12. The largest absolute Gasteiger partial charge is 0.508 e. The molecule has 5 heteroatoms. The highest BCUT2D eigenvalue weighted by atomic mass is 35.5. The standard InChI is InChI=1S/C10H11ClO4/c1-15-10(14)9(13)5-6-7(11)3-2-4-8(6)12/h2-4,9,12-13H,5H2,1H3. The number of halogens is 1. The first-order chi connectivity index (χ1) is 7.06. The molecule has 0 aliphatic rings. The Hall–Kier alpha value is -1.26. The Morgan fingerprint density at radius 1 is 1.60 bits per heavy atom. The molecule has 0 aliphatic carbocycles. The average molecular weight is 231 g/mol. The number of hydrogen-bond donors (Lipinski definition) is 2. The predicted molar refractivity (Wildman–Crippen MR) is 54.8 cm³/mol. The van der Waals surface area contributed by atoms with Crippen LogP contribution in [0.2, 0.25) is 5.02 Å². The van der Waals surface area contributed by atoms with Crippen molar-refractivity contribution in [2.75, 3.05) is 7.11 Å². The minimum atomic E-state index is -1.32. The fourth-order valence-electron chi connectivity index (χ4n) is 1.16. The topological polar surface area (TPSA) is 66.8 Å². The lowest BCUT2D eigenvalue weighted by molar-refractivity contribution is -0.150. The molecule has 0 radical (unpaired) electrons. The van der Waals surface area contributed by atoms with Crippen molar-refractivity contribution < 1.29 is 19.7 Å². The number of phenols is 1. The Bertz CT molecular complexity index is 344. The lowest BCUT2D eigenvalue weighted by atomic mass is 10.1. The minimum Gasteiger partial charge on any atom is -0.508 e. The zero-order valence-electron chi connectivity index (χ0n) is 8.11. The van der Waals surface area contributed by atoms with Crippen molar-refractivity contribution in [2.24, 2.45) is 0 Å². The van der Waals surface area contributed by atoms with Crippen molar-refractivity contribution >= 4 is 17.6 Å². The zero-order valence-corrected chi connectivity index (χ0v) is 8.86. The summed E-state index contributed by atoms with van der Waals surface area (Å²) in [4.78, 5) is 10.9. The van der Waals surface area contributed by atoms with Crippen LogP contribution in [0.15, 0.2) is 18.2 Å². The number of ether oxygens (including phenoxy) is 1. The molecule has 4 nitrogen and oxygen atoms in total. The minimum absolute atomic E-state index is 0.0505. The van der Waals surface area contributed by atoms with Gasteiger partial charge >= 0.3 is 5.97 Å². The van der Waals surface area contributed by atoms with E-state index in [0.29, 0.717) is 10.6 Å². The molecule has 0 fully saturated rings. The maximum Gasteiger partial charge on any atom is 0.335 e. The van der Waals surface area contributed by atoms with Crippen LogP contribution in [0.25, 0.3) is 0 Å². The monoisotopic (exact) mass is 230 g/mol. The third-order valence-electron chi connectivity index (χ3n) is 1.96. The van der Waals surface area contributed by atoms with E-state index in [-0.39, 0.29) is 12.2 Å². The quantitative estimate of drug-likeness (QED) is 0.764. The fourth-order valence-corrected chi connectivity index (χ4v) is 1.41. The van der Waals surface area contributed by atoms with Crippen LogP contribution in [-0.4, -0.2) is 29.4 Å². The van der Waals surface area contributed by atoms with Gasteiger partial charge in [0, 0.05) is 17.0 Å². The number of carbonyl (C=O) groups is 1. The second-order valence-electron chi connectivity index (χ2n) is 2.98. The van der Waals surface area contributed by atoms with E-state index in [1.54, 1.807) is 12.1 Å². The van der Waals surface area contributed by atoms with E-state index in [0.717, 1.165) is 0 Å². The molecule has 0 aliphatic heterocycles. The van der Waals surface area contributed by atoms with Gasteiger partial charge < -0.3 is 14.9 Å². The molecular formula is C10H11ClO4. The van der Waals surface area contributed by atoms with Gasteiger partial charge in [-0.05, 0) is 12.1 Å². The maximum absolute atomic E-state index is 10.9. The molecule has 82 valence electrons. The number of aliphatic hydroxyl groups excluding tert-OH is 1. The second-order valence-corrected chi connectivity index (χ2v) is 3.39. The van der Waals surface area contributed by atoms with Gasteiger partial charge in [-0.2, -0.15) is 0 Å². The van der Waals surface area contributed by atoms with Gasteiger partial charge in [-0.1, -0.05) is 17.7 Å². The van der Waals surface area contributed by atoms with Crippen LogP contribution in [0.3, 0.4) is 0 Å². The molecule has 0 heterocycles. The summed E-state index contributed by atoms with van der Waals surface area (Å²) in [5.41, 5.74) is 0.331. The van der Waals surface area contributed by atoms with Gasteiger partial charge in [-0.15, -0.1) is 0 Å². The smallest absolute Gasteiger partial charge is 0.335 e. The molecule has 0 saturated carbocycles. The van der Waals surface area contributed by atoms with Crippen molar-refractivity contribution in [1.82, 2.24) is 0 Å². The Balaban J connectivity index is 2.85. The second kappa shape index (κ2) is 5.00. The summed E-state index contributed by atoms with van der Waals surface area (Å²) in [5.74, 6) is -0.806. The Morgan fingerprint density at radius 2 is 2.27 bits per heavy atom. The van der Waals surface area contributed by atoms with E-state index in [2.05, 4.69) is 4.74 Å². The summed E-state index contributed by atoms with van der Waals surface area (Å²) in [5, 5.41) is 19.1. The number of aromatic hydroxyl groups is 1. The third-order valence-corrected chi connectivity index (χ3v) is 2.32. The number of rotatable bonds is 3. The average Bonchev–Trinajstić information content (AvgIpc) is 2.22. The number of carbonyl (C=O) groups excluding carboxylic acids is 1. The van der Waals surface area contributed by atoms with Crippen LogP contribution in [-0.2, 0) is 16.0 Å². The molecule has 1 aromatic carbocycles. The number of methoxy groups -OCH3 is 1. The molecule has 1 aromatic rings. The molecule has 0 bridgehead atoms. The van der Waals surface area contributed by atoms with Crippen LogP contribution in [0.4, 0.5) is 0 Å². The zero-order chi connectivity index (χ0) is 11.4. The van der Waals surface area contributed by atoms with Crippen molar-refractivity contribution in [1.29, 1.82) is 0 Å². The summed E-state index contributed by atoms with van der Waals surface area (Å²) in [6.07, 6.45) is -1.39. The number of benzene rings is 1. The van der Waals surface area contributed by atoms with Gasteiger partial charge in [0.05, 0.1) is 7.11 Å². The number of hydrogen-bond acceptors (Lipinski definition) is 4. The van der Waals surface area contributed by atoms with Gasteiger partial charge in [0.2, 0.25) is 0 Å². The van der Waals surface area contributed by atoms with Crippen molar-refractivity contribution in [3.8, 4) is 5.75 Å². The Labute approximate surface area is 92.1 Å². The molecular weight excluding hydrogens is 220 g/mol. The van der Waals surface area contributed by atoms with Crippen molar-refractivity contribution in [3.63, 3.8) is 0 Å². The number of aliphatic hydroxyl groups is 1. The Kier molecular flexibility index (Phi) is 3.94. The van der Waals surface area contributed by atoms with Crippen molar-refractivity contribution in [3.05, 3.63) is 28.8 Å². The van der Waals surface area contributed by atoms with E-state index in [9.17, 15) is 15.0 Å². The third kappa shape index (κ3) is 2.84. The first-order valence-electron chi connectivity index (χ1n) is 4.28. The van der Waals surface area contributed by atoms with Gasteiger partial charge in [-0.3, -0.25) is 0 Å². The molecule has 0 spiro atoms. The normalized spacial score (nSPS) is 12.2. The van der Waals surface area contributed by atoms with Crippen LogP contribution < -0.4 is 0 Å². The van der Waals surface area contributed by atoms with Gasteiger partial charge in [0.1, 0.15) is 5.75 Å². The summed E-state index contributed by atoms with van der Waals surface area (Å²) in [6.45, 7) is 0. The van der Waals surface area contributed by atoms with Crippen LogP contribution in [0.5, 0.6) is 5.75 Å². The highest BCUT2D eigenvalue weighted by Gasteiger charge is 2.19. The SMILES string of the molecule is COC(=O)C(O)Cc1c(O)cccc1Cl. The summed E-state index contributed by atoms with van der Waals surface area (Å²) in [6, 6.07) is 4.58. The maximum atomic E-state index is 10.9. The summed E-state index contributed by atoms with van der Waals surface area (Å²) < 4.78 is 4.35. The number of phenolic OH excluding ortho intramolecular Hbond substituents is 1. The van der Waals surface area contributed by atoms with E-state index in [4.69, 9.17) is 11.6 Å². The molecule has 0 aromatic heterocycles. The number of esters is 1. The molecule has 1 atom stereocenters. The van der Waals surface area contributed by atoms with E-state index in [1.807, 2.05) is 0 Å². The Morgan fingerprint density at radius 3 is 2.80 bits per heavy atom. The van der Waals surface area contributed by atoms with Crippen molar-refractivity contribution in [2.45, 2.75) is 12.5 Å². The molecule has 0 saturated heterocycles. The first-order valence-corrected chi connectivity index (χ1v) is 4.66. The molecule has 1 unspecified atom stereocenters. The first kappa shape index (κ1) is 11.8.